The lowest BCUT2D eigenvalue weighted by molar-refractivity contribution is -0.145. The lowest BCUT2D eigenvalue weighted by Gasteiger charge is -2.35. The van der Waals surface area contributed by atoms with Crippen molar-refractivity contribution in [2.75, 3.05) is 14.2 Å². The third-order valence-electron chi connectivity index (χ3n) is 4.16. The topological polar surface area (TPSA) is 55.8 Å². The zero-order valence-corrected chi connectivity index (χ0v) is 13.6. The van der Waals surface area contributed by atoms with Gasteiger partial charge in [-0.2, -0.15) is 0 Å². The molecule has 0 amide bonds. The molecule has 21 heavy (non-hydrogen) atoms. The summed E-state index contributed by atoms with van der Waals surface area (Å²) in [5, 5.41) is 9.72. The average molecular weight is 361 g/mol. The minimum absolute atomic E-state index is 0.0538. The Labute approximate surface area is 131 Å². The highest BCUT2D eigenvalue weighted by Gasteiger charge is 2.45. The van der Waals surface area contributed by atoms with Crippen LogP contribution in [0.25, 0.3) is 0 Å². The molecule has 0 aromatic heterocycles. The van der Waals surface area contributed by atoms with Gasteiger partial charge in [0.25, 0.3) is 0 Å². The second kappa shape index (κ2) is 6.22. The SMILES string of the molecule is COc1cc(Br)c(C2(C(=O)O)CCCCC2)c(F)c1OC. The largest absolute Gasteiger partial charge is 0.493 e. The Morgan fingerprint density at radius 2 is 1.90 bits per heavy atom. The van der Waals surface area contributed by atoms with E-state index in [9.17, 15) is 14.3 Å². The number of hydrogen-bond acceptors (Lipinski definition) is 3. The summed E-state index contributed by atoms with van der Waals surface area (Å²) in [4.78, 5) is 11.9. The Kier molecular flexibility index (Phi) is 4.76. The molecule has 0 unspecified atom stereocenters. The molecule has 1 fully saturated rings. The molecule has 1 aromatic carbocycles. The van der Waals surface area contributed by atoms with Crippen LogP contribution in [0.15, 0.2) is 10.5 Å². The number of ether oxygens (including phenoxy) is 2. The Bertz CT molecular complexity index is 553. The second-order valence-electron chi connectivity index (χ2n) is 5.23. The number of methoxy groups -OCH3 is 2. The van der Waals surface area contributed by atoms with Gasteiger partial charge in [0.1, 0.15) is 0 Å². The van der Waals surface area contributed by atoms with Crippen LogP contribution >= 0.6 is 15.9 Å². The molecule has 0 saturated heterocycles. The first-order valence-electron chi connectivity index (χ1n) is 6.81. The predicted molar refractivity (Wildman–Crippen MR) is 79.6 cm³/mol. The van der Waals surface area contributed by atoms with Crippen molar-refractivity contribution in [2.45, 2.75) is 37.5 Å². The van der Waals surface area contributed by atoms with E-state index < -0.39 is 17.2 Å². The van der Waals surface area contributed by atoms with Gasteiger partial charge in [-0.3, -0.25) is 4.79 Å². The molecule has 6 heteroatoms. The summed E-state index contributed by atoms with van der Waals surface area (Å²) in [6.07, 6.45) is 3.36. The molecule has 2 rings (SSSR count). The Hall–Kier alpha value is -1.30. The molecule has 0 bridgehead atoms. The van der Waals surface area contributed by atoms with E-state index in [1.807, 2.05) is 0 Å². The summed E-state index contributed by atoms with van der Waals surface area (Å²) in [7, 11) is 2.75. The molecule has 0 heterocycles. The van der Waals surface area contributed by atoms with Gasteiger partial charge in [0, 0.05) is 10.0 Å². The first-order chi connectivity index (χ1) is 9.97. The van der Waals surface area contributed by atoms with Crippen molar-refractivity contribution < 1.29 is 23.8 Å². The molecule has 1 aliphatic rings. The van der Waals surface area contributed by atoms with E-state index in [4.69, 9.17) is 9.47 Å². The monoisotopic (exact) mass is 360 g/mol. The van der Waals surface area contributed by atoms with Crippen molar-refractivity contribution in [2.24, 2.45) is 0 Å². The first-order valence-corrected chi connectivity index (χ1v) is 7.61. The third-order valence-corrected chi connectivity index (χ3v) is 4.78. The average Bonchev–Trinajstić information content (AvgIpc) is 2.47. The maximum Gasteiger partial charge on any atom is 0.314 e. The molecule has 1 aromatic rings. The first kappa shape index (κ1) is 16.1. The van der Waals surface area contributed by atoms with Crippen LogP contribution in [0.3, 0.4) is 0 Å². The van der Waals surface area contributed by atoms with Crippen LogP contribution in [-0.4, -0.2) is 25.3 Å². The van der Waals surface area contributed by atoms with Crippen molar-refractivity contribution in [1.82, 2.24) is 0 Å². The highest BCUT2D eigenvalue weighted by atomic mass is 79.9. The summed E-state index contributed by atoms with van der Waals surface area (Å²) >= 11 is 3.30. The highest BCUT2D eigenvalue weighted by molar-refractivity contribution is 9.10. The fourth-order valence-corrected chi connectivity index (χ4v) is 3.85. The van der Waals surface area contributed by atoms with E-state index in [0.29, 0.717) is 17.3 Å². The van der Waals surface area contributed by atoms with Gasteiger partial charge < -0.3 is 14.6 Å². The minimum Gasteiger partial charge on any atom is -0.493 e. The number of halogens is 2. The van der Waals surface area contributed by atoms with Crippen LogP contribution in [0.5, 0.6) is 11.5 Å². The smallest absolute Gasteiger partial charge is 0.314 e. The molecule has 0 atom stereocenters. The number of benzene rings is 1. The minimum atomic E-state index is -1.21. The lowest BCUT2D eigenvalue weighted by Crippen LogP contribution is -2.39. The molecule has 0 aliphatic heterocycles. The van der Waals surface area contributed by atoms with Crippen LogP contribution < -0.4 is 9.47 Å². The molecular weight excluding hydrogens is 343 g/mol. The number of rotatable bonds is 4. The van der Waals surface area contributed by atoms with Gasteiger partial charge in [0.2, 0.25) is 0 Å². The van der Waals surface area contributed by atoms with E-state index in [2.05, 4.69) is 15.9 Å². The maximum atomic E-state index is 14.9. The van der Waals surface area contributed by atoms with Gasteiger partial charge in [-0.25, -0.2) is 4.39 Å². The van der Waals surface area contributed by atoms with Crippen LogP contribution in [0.1, 0.15) is 37.7 Å². The molecular formula is C15H18BrFO4. The van der Waals surface area contributed by atoms with Crippen molar-refractivity contribution in [3.63, 3.8) is 0 Å². The van der Waals surface area contributed by atoms with Crippen LogP contribution in [0, 0.1) is 5.82 Å². The van der Waals surface area contributed by atoms with Crippen LogP contribution in [0.2, 0.25) is 0 Å². The Morgan fingerprint density at radius 3 is 2.38 bits per heavy atom. The van der Waals surface area contributed by atoms with Crippen molar-refractivity contribution in [3.05, 3.63) is 21.9 Å². The van der Waals surface area contributed by atoms with Crippen molar-refractivity contribution in [1.29, 1.82) is 0 Å². The maximum absolute atomic E-state index is 14.9. The van der Waals surface area contributed by atoms with Crippen molar-refractivity contribution >= 4 is 21.9 Å². The van der Waals surface area contributed by atoms with E-state index in [1.165, 1.54) is 14.2 Å². The van der Waals surface area contributed by atoms with Gasteiger partial charge in [-0.05, 0) is 18.9 Å². The molecule has 0 spiro atoms. The van der Waals surface area contributed by atoms with E-state index in [1.54, 1.807) is 6.07 Å². The zero-order valence-electron chi connectivity index (χ0n) is 12.0. The summed E-state index contributed by atoms with van der Waals surface area (Å²) in [5.41, 5.74) is -1.05. The standard InChI is InChI=1S/C15H18BrFO4/c1-20-10-8-9(16)11(12(17)13(10)21-2)15(14(18)19)6-4-3-5-7-15/h8H,3-7H2,1-2H3,(H,18,19). The number of carboxylic acid groups (broad SMARTS) is 1. The summed E-state index contributed by atoms with van der Waals surface area (Å²) in [5.74, 6) is -1.47. The van der Waals surface area contributed by atoms with E-state index in [-0.39, 0.29) is 17.1 Å². The van der Waals surface area contributed by atoms with E-state index >= 15 is 0 Å². The number of carbonyl (C=O) groups is 1. The van der Waals surface area contributed by atoms with Crippen LogP contribution in [0.4, 0.5) is 4.39 Å². The Balaban J connectivity index is 2.69. The fraction of sp³-hybridized carbons (Fsp3) is 0.533. The van der Waals surface area contributed by atoms with Gasteiger partial charge >= 0.3 is 5.97 Å². The number of carboxylic acids is 1. The zero-order chi connectivity index (χ0) is 15.6. The molecule has 1 N–H and O–H groups in total. The summed E-state index contributed by atoms with van der Waals surface area (Å²) in [6, 6.07) is 1.57. The molecule has 0 radical (unpaired) electrons. The quantitative estimate of drug-likeness (QED) is 0.884. The highest BCUT2D eigenvalue weighted by Crippen LogP contribution is 2.48. The van der Waals surface area contributed by atoms with Gasteiger partial charge in [-0.1, -0.05) is 35.2 Å². The number of hydrogen-bond donors (Lipinski definition) is 1. The molecule has 1 aliphatic carbocycles. The number of aliphatic carboxylic acids is 1. The van der Waals surface area contributed by atoms with Gasteiger partial charge in [0.05, 0.1) is 19.6 Å². The molecule has 1 saturated carbocycles. The molecule has 4 nitrogen and oxygen atoms in total. The third kappa shape index (κ3) is 2.61. The molecule has 116 valence electrons. The normalized spacial score (nSPS) is 17.3. The van der Waals surface area contributed by atoms with E-state index in [0.717, 1.165) is 19.3 Å². The fourth-order valence-electron chi connectivity index (χ4n) is 3.09. The predicted octanol–water partition coefficient (Wildman–Crippen LogP) is 3.89. The Morgan fingerprint density at radius 1 is 1.29 bits per heavy atom. The summed E-state index contributed by atoms with van der Waals surface area (Å²) < 4.78 is 25.4. The van der Waals surface area contributed by atoms with Gasteiger partial charge in [0.15, 0.2) is 17.3 Å². The van der Waals surface area contributed by atoms with Crippen LogP contribution in [-0.2, 0) is 10.2 Å². The summed E-state index contributed by atoms with van der Waals surface area (Å²) in [6.45, 7) is 0. The second-order valence-corrected chi connectivity index (χ2v) is 6.09. The lowest BCUT2D eigenvalue weighted by atomic mass is 9.69. The van der Waals surface area contributed by atoms with Gasteiger partial charge in [-0.15, -0.1) is 0 Å². The van der Waals surface area contributed by atoms with Crippen molar-refractivity contribution in [3.8, 4) is 11.5 Å².